The normalized spacial score (nSPS) is 12.8. The van der Waals surface area contributed by atoms with E-state index in [1.54, 1.807) is 13.0 Å². The van der Waals surface area contributed by atoms with E-state index >= 15 is 0 Å². The molecule has 7 nitrogen and oxygen atoms in total. The van der Waals surface area contributed by atoms with Gasteiger partial charge >= 0.3 is 5.97 Å². The summed E-state index contributed by atoms with van der Waals surface area (Å²) in [5, 5.41) is 15.1. The highest BCUT2D eigenvalue weighted by Gasteiger charge is 2.28. The third kappa shape index (κ3) is 5.29. The summed E-state index contributed by atoms with van der Waals surface area (Å²) >= 11 is 0. The Bertz CT molecular complexity index is 475. The zero-order chi connectivity index (χ0) is 15.3. The Balaban J connectivity index is 2.51. The zero-order valence-electron chi connectivity index (χ0n) is 12.1. The van der Waals surface area contributed by atoms with Crippen LogP contribution in [0.15, 0.2) is 10.6 Å². The number of rotatable bonds is 6. The number of aromatic nitrogens is 1. The molecule has 0 spiro atoms. The van der Waals surface area contributed by atoms with Gasteiger partial charge in [-0.05, 0) is 17.5 Å². The van der Waals surface area contributed by atoms with Gasteiger partial charge in [0.2, 0.25) is 0 Å². The molecule has 0 saturated heterocycles. The summed E-state index contributed by atoms with van der Waals surface area (Å²) in [6.45, 7) is 7.06. The lowest BCUT2D eigenvalue weighted by Crippen LogP contribution is -2.46. The second-order valence-corrected chi connectivity index (χ2v) is 5.65. The molecule has 1 atom stereocenters. The summed E-state index contributed by atoms with van der Waals surface area (Å²) in [6.07, 6.45) is -0.141. The largest absolute Gasteiger partial charge is 0.481 e. The van der Waals surface area contributed by atoms with Crippen molar-refractivity contribution in [2.24, 2.45) is 5.41 Å². The predicted octanol–water partition coefficient (Wildman–Crippen LogP) is 1.37. The van der Waals surface area contributed by atoms with Crippen molar-refractivity contribution in [3.8, 4) is 5.88 Å². The average molecular weight is 284 g/mol. The number of nitrogens with one attached hydrogen (secondary N) is 1. The maximum absolute atomic E-state index is 11.8. The molecule has 1 amide bonds. The van der Waals surface area contributed by atoms with E-state index in [-0.39, 0.29) is 24.3 Å². The molecule has 7 heteroatoms. The second kappa shape index (κ2) is 6.40. The van der Waals surface area contributed by atoms with Crippen LogP contribution in [0.25, 0.3) is 0 Å². The van der Waals surface area contributed by atoms with E-state index in [4.69, 9.17) is 14.4 Å². The van der Waals surface area contributed by atoms with Gasteiger partial charge in [-0.15, -0.1) is 0 Å². The first kappa shape index (κ1) is 16.0. The molecule has 1 heterocycles. The third-order valence-electron chi connectivity index (χ3n) is 2.72. The van der Waals surface area contributed by atoms with Gasteiger partial charge in [-0.2, -0.15) is 0 Å². The van der Waals surface area contributed by atoms with Crippen LogP contribution in [0.5, 0.6) is 5.88 Å². The molecule has 0 bridgehead atoms. The number of carbonyl (C=O) groups is 2. The standard InChI is InChI=1S/C13H20N2O5/c1-8-5-11(15-20-8)19-7-10(16)14-9(6-12(17)18)13(2,3)4/h5,9H,6-7H2,1-4H3,(H,14,16)(H,17,18). The fourth-order valence-corrected chi connectivity index (χ4v) is 1.54. The van der Waals surface area contributed by atoms with Crippen molar-refractivity contribution in [1.82, 2.24) is 10.5 Å². The topological polar surface area (TPSA) is 102 Å². The highest BCUT2D eigenvalue weighted by atomic mass is 16.5. The summed E-state index contributed by atoms with van der Waals surface area (Å²) in [5.41, 5.74) is -0.363. The summed E-state index contributed by atoms with van der Waals surface area (Å²) in [6, 6.07) is 1.08. The number of hydrogen-bond donors (Lipinski definition) is 2. The van der Waals surface area contributed by atoms with Gasteiger partial charge in [0.25, 0.3) is 11.8 Å². The lowest BCUT2D eigenvalue weighted by molar-refractivity contribution is -0.138. The molecule has 0 radical (unpaired) electrons. The van der Waals surface area contributed by atoms with E-state index in [2.05, 4.69) is 10.5 Å². The molecule has 1 aromatic heterocycles. The molecule has 0 aromatic carbocycles. The summed E-state index contributed by atoms with van der Waals surface area (Å²) in [7, 11) is 0. The van der Waals surface area contributed by atoms with Crippen LogP contribution in [0.1, 0.15) is 33.0 Å². The van der Waals surface area contributed by atoms with Gasteiger partial charge in [0.1, 0.15) is 5.76 Å². The van der Waals surface area contributed by atoms with Crippen LogP contribution in [-0.2, 0) is 9.59 Å². The number of aryl methyl sites for hydroxylation is 1. The van der Waals surface area contributed by atoms with E-state index in [0.717, 1.165) is 0 Å². The fourth-order valence-electron chi connectivity index (χ4n) is 1.54. The van der Waals surface area contributed by atoms with E-state index in [1.807, 2.05) is 20.8 Å². The lowest BCUT2D eigenvalue weighted by atomic mass is 9.85. The van der Waals surface area contributed by atoms with E-state index in [0.29, 0.717) is 5.76 Å². The van der Waals surface area contributed by atoms with Gasteiger partial charge in [0.15, 0.2) is 6.61 Å². The average Bonchev–Trinajstić information content (AvgIpc) is 2.70. The fraction of sp³-hybridized carbons (Fsp3) is 0.615. The zero-order valence-corrected chi connectivity index (χ0v) is 12.1. The summed E-state index contributed by atoms with van der Waals surface area (Å²) in [4.78, 5) is 22.6. The summed E-state index contributed by atoms with van der Waals surface area (Å²) < 4.78 is 9.94. The van der Waals surface area contributed by atoms with Gasteiger partial charge in [-0.25, -0.2) is 0 Å². The first-order valence-electron chi connectivity index (χ1n) is 6.26. The van der Waals surface area contributed by atoms with Crippen LogP contribution in [0.4, 0.5) is 0 Å². The Hall–Kier alpha value is -2.05. The third-order valence-corrected chi connectivity index (χ3v) is 2.72. The summed E-state index contributed by atoms with van der Waals surface area (Å²) in [5.74, 6) is -0.549. The first-order valence-corrected chi connectivity index (χ1v) is 6.26. The Kier molecular flexibility index (Phi) is 5.12. The highest BCUT2D eigenvalue weighted by molar-refractivity contribution is 5.78. The number of carboxylic acid groups (broad SMARTS) is 1. The Morgan fingerprint density at radius 1 is 1.50 bits per heavy atom. The van der Waals surface area contributed by atoms with Gasteiger partial charge in [0.05, 0.1) is 6.42 Å². The van der Waals surface area contributed by atoms with Crippen molar-refractivity contribution in [2.75, 3.05) is 6.61 Å². The molecule has 2 N–H and O–H groups in total. The minimum absolute atomic E-state index is 0.141. The minimum atomic E-state index is -0.960. The number of aliphatic carboxylic acids is 1. The van der Waals surface area contributed by atoms with Gasteiger partial charge in [-0.3, -0.25) is 9.59 Å². The maximum Gasteiger partial charge on any atom is 0.305 e. The van der Waals surface area contributed by atoms with Crippen molar-refractivity contribution in [3.63, 3.8) is 0 Å². The van der Waals surface area contributed by atoms with E-state index in [9.17, 15) is 9.59 Å². The number of ether oxygens (including phenoxy) is 1. The molecule has 112 valence electrons. The molecule has 0 aliphatic rings. The number of carboxylic acids is 1. The van der Waals surface area contributed by atoms with Crippen molar-refractivity contribution in [2.45, 2.75) is 40.2 Å². The van der Waals surface area contributed by atoms with Crippen molar-refractivity contribution >= 4 is 11.9 Å². The van der Waals surface area contributed by atoms with Gasteiger partial charge in [-0.1, -0.05) is 20.8 Å². The molecule has 1 aromatic rings. The monoisotopic (exact) mass is 284 g/mol. The predicted molar refractivity (Wildman–Crippen MR) is 70.4 cm³/mol. The lowest BCUT2D eigenvalue weighted by Gasteiger charge is -2.30. The van der Waals surface area contributed by atoms with Gasteiger partial charge in [0, 0.05) is 12.1 Å². The molecule has 1 unspecified atom stereocenters. The van der Waals surface area contributed by atoms with Gasteiger partial charge < -0.3 is 19.7 Å². The van der Waals surface area contributed by atoms with Crippen LogP contribution in [-0.4, -0.2) is 34.8 Å². The second-order valence-electron chi connectivity index (χ2n) is 5.65. The molecule has 20 heavy (non-hydrogen) atoms. The quantitative estimate of drug-likeness (QED) is 0.818. The number of nitrogens with zero attached hydrogens (tertiary/aromatic N) is 1. The maximum atomic E-state index is 11.8. The van der Waals surface area contributed by atoms with Crippen molar-refractivity contribution in [3.05, 3.63) is 11.8 Å². The smallest absolute Gasteiger partial charge is 0.305 e. The Morgan fingerprint density at radius 2 is 2.15 bits per heavy atom. The SMILES string of the molecule is Cc1cc(OCC(=O)NC(CC(=O)O)C(C)(C)C)no1. The Labute approximate surface area is 117 Å². The molecular formula is C13H20N2O5. The molecule has 0 saturated carbocycles. The van der Waals surface area contributed by atoms with Crippen LogP contribution in [0, 0.1) is 12.3 Å². The molecular weight excluding hydrogens is 264 g/mol. The van der Waals surface area contributed by atoms with Crippen molar-refractivity contribution < 1.29 is 24.0 Å². The highest BCUT2D eigenvalue weighted by Crippen LogP contribution is 2.21. The number of amides is 1. The van der Waals surface area contributed by atoms with Crippen molar-refractivity contribution in [1.29, 1.82) is 0 Å². The van der Waals surface area contributed by atoms with Crippen LogP contribution >= 0.6 is 0 Å². The Morgan fingerprint density at radius 3 is 2.60 bits per heavy atom. The van der Waals surface area contributed by atoms with Crippen LogP contribution < -0.4 is 10.1 Å². The van der Waals surface area contributed by atoms with Crippen LogP contribution in [0.3, 0.4) is 0 Å². The van der Waals surface area contributed by atoms with Crippen LogP contribution in [0.2, 0.25) is 0 Å². The van der Waals surface area contributed by atoms with E-state index in [1.165, 1.54) is 0 Å². The first-order chi connectivity index (χ1) is 9.18. The molecule has 0 aliphatic carbocycles. The molecule has 0 fully saturated rings. The number of hydrogen-bond acceptors (Lipinski definition) is 5. The minimum Gasteiger partial charge on any atom is -0.481 e. The molecule has 0 aliphatic heterocycles. The number of carbonyl (C=O) groups excluding carboxylic acids is 1. The van der Waals surface area contributed by atoms with E-state index < -0.39 is 17.9 Å². The molecule has 1 rings (SSSR count).